The Morgan fingerprint density at radius 2 is 1.86 bits per heavy atom. The second-order valence-electron chi connectivity index (χ2n) is 8.88. The van der Waals surface area contributed by atoms with E-state index in [-0.39, 0.29) is 29.4 Å². The Kier molecular flexibility index (Phi) is 10.2. The van der Waals surface area contributed by atoms with Crippen molar-refractivity contribution in [3.05, 3.63) is 52.3 Å². The molecular formula is C26H32ClIN2O6. The van der Waals surface area contributed by atoms with Crippen molar-refractivity contribution in [2.24, 2.45) is 11.8 Å². The number of methoxy groups -OCH3 is 2. The lowest BCUT2D eigenvalue weighted by Crippen LogP contribution is -2.33. The Bertz CT molecular complexity index is 1080. The van der Waals surface area contributed by atoms with Gasteiger partial charge in [0, 0.05) is 24.9 Å². The van der Waals surface area contributed by atoms with Crippen molar-refractivity contribution in [1.29, 1.82) is 0 Å². The quantitative estimate of drug-likeness (QED) is 0.258. The number of aromatic nitrogens is 1. The van der Waals surface area contributed by atoms with E-state index in [2.05, 4.69) is 27.9 Å². The molecule has 1 atom stereocenters. The molecule has 0 unspecified atom stereocenters. The number of aryl methyl sites for hydroxylation is 1. The minimum Gasteiger partial charge on any atom is -0.495 e. The van der Waals surface area contributed by atoms with Gasteiger partial charge in [-0.2, -0.15) is 0 Å². The molecule has 1 fully saturated rings. The number of aliphatic carboxylic acids is 1. The zero-order valence-corrected chi connectivity index (χ0v) is 23.6. The first-order chi connectivity index (χ1) is 17.2. The molecule has 8 nitrogen and oxygen atoms in total. The van der Waals surface area contributed by atoms with Crippen LogP contribution in [0.1, 0.15) is 54.4 Å². The molecule has 36 heavy (non-hydrogen) atoms. The van der Waals surface area contributed by atoms with Gasteiger partial charge >= 0.3 is 5.97 Å². The third-order valence-corrected chi connectivity index (χ3v) is 7.73. The molecule has 1 heterocycles. The van der Waals surface area contributed by atoms with Gasteiger partial charge < -0.3 is 24.6 Å². The summed E-state index contributed by atoms with van der Waals surface area (Å²) in [4.78, 5) is 28.6. The van der Waals surface area contributed by atoms with Crippen LogP contribution in [0.2, 0.25) is 5.02 Å². The summed E-state index contributed by atoms with van der Waals surface area (Å²) < 4.78 is 16.3. The normalized spacial score (nSPS) is 19.2. The minimum absolute atomic E-state index is 0.187. The standard InChI is InChI=1S/C26H32ClIN2O6/c1-4-19-10-12-22(35-3)23(30-19)26(28,15-34-2)36-21-11-9-18(13-20(21)27)24(31)29-14-16-5-7-17(8-6-16)25(32)33/h9-13,16-17H,4-8,14-15H2,1-3H3,(H,29,31)(H,32,33)/t16?,17?,26-/m0/s1. The molecule has 0 spiro atoms. The van der Waals surface area contributed by atoms with E-state index in [0.29, 0.717) is 42.1 Å². The first-order valence-electron chi connectivity index (χ1n) is 11.9. The lowest BCUT2D eigenvalue weighted by atomic mass is 9.82. The lowest BCUT2D eigenvalue weighted by molar-refractivity contribution is -0.143. The maximum Gasteiger partial charge on any atom is 0.306 e. The van der Waals surface area contributed by atoms with Crippen LogP contribution in [0.4, 0.5) is 0 Å². The zero-order valence-electron chi connectivity index (χ0n) is 20.7. The number of carboxylic acid groups (broad SMARTS) is 1. The number of alkyl halides is 1. The van der Waals surface area contributed by atoms with E-state index in [4.69, 9.17) is 35.9 Å². The summed E-state index contributed by atoms with van der Waals surface area (Å²) in [6, 6.07) is 8.66. The fourth-order valence-corrected chi connectivity index (χ4v) is 5.45. The number of carbonyl (C=O) groups is 2. The Labute approximate surface area is 230 Å². The van der Waals surface area contributed by atoms with Crippen molar-refractivity contribution < 1.29 is 28.9 Å². The molecular weight excluding hydrogens is 599 g/mol. The van der Waals surface area contributed by atoms with Gasteiger partial charge in [-0.15, -0.1) is 0 Å². The molecule has 1 amide bonds. The summed E-state index contributed by atoms with van der Waals surface area (Å²) in [7, 11) is 3.16. The fourth-order valence-electron chi connectivity index (χ4n) is 4.30. The fraction of sp³-hybridized carbons (Fsp3) is 0.500. The molecule has 0 radical (unpaired) electrons. The molecule has 10 heteroatoms. The Morgan fingerprint density at radius 3 is 2.44 bits per heavy atom. The van der Waals surface area contributed by atoms with Crippen molar-refractivity contribution in [2.75, 3.05) is 27.4 Å². The van der Waals surface area contributed by atoms with Crippen LogP contribution in [0.3, 0.4) is 0 Å². The highest BCUT2D eigenvalue weighted by Gasteiger charge is 2.37. The topological polar surface area (TPSA) is 107 Å². The van der Waals surface area contributed by atoms with Crippen LogP contribution in [0.25, 0.3) is 0 Å². The number of halogens is 2. The van der Waals surface area contributed by atoms with Gasteiger partial charge in [-0.05, 0) is 90.9 Å². The summed E-state index contributed by atoms with van der Waals surface area (Å²) >= 11 is 8.68. The maximum absolute atomic E-state index is 12.7. The third kappa shape index (κ3) is 7.01. The van der Waals surface area contributed by atoms with Crippen molar-refractivity contribution in [2.45, 2.75) is 42.6 Å². The molecule has 0 aliphatic heterocycles. The predicted octanol–water partition coefficient (Wildman–Crippen LogP) is 5.24. The number of nitrogens with zero attached hydrogens (tertiary/aromatic N) is 1. The molecule has 1 aliphatic carbocycles. The number of rotatable bonds is 11. The first-order valence-corrected chi connectivity index (χ1v) is 13.4. The molecule has 0 saturated heterocycles. The molecule has 3 rings (SSSR count). The Balaban J connectivity index is 1.71. The predicted molar refractivity (Wildman–Crippen MR) is 145 cm³/mol. The largest absolute Gasteiger partial charge is 0.495 e. The molecule has 1 aromatic carbocycles. The first kappa shape index (κ1) is 28.5. The second kappa shape index (κ2) is 12.9. The van der Waals surface area contributed by atoms with Gasteiger partial charge in [-0.25, -0.2) is 4.98 Å². The van der Waals surface area contributed by atoms with Crippen molar-refractivity contribution in [3.63, 3.8) is 0 Å². The summed E-state index contributed by atoms with van der Waals surface area (Å²) in [6.45, 7) is 2.71. The van der Waals surface area contributed by atoms with Gasteiger partial charge in [0.25, 0.3) is 5.91 Å². The van der Waals surface area contributed by atoms with Crippen LogP contribution in [-0.2, 0) is 19.6 Å². The maximum atomic E-state index is 12.7. The molecule has 2 N–H and O–H groups in total. The van der Waals surface area contributed by atoms with Gasteiger partial charge in [-0.3, -0.25) is 9.59 Å². The van der Waals surface area contributed by atoms with Crippen molar-refractivity contribution >= 4 is 46.1 Å². The molecule has 1 aromatic heterocycles. The van der Waals surface area contributed by atoms with Crippen LogP contribution in [-0.4, -0.2) is 49.3 Å². The van der Waals surface area contributed by atoms with Crippen LogP contribution in [0.5, 0.6) is 11.5 Å². The smallest absolute Gasteiger partial charge is 0.306 e. The van der Waals surface area contributed by atoms with E-state index in [9.17, 15) is 9.59 Å². The monoisotopic (exact) mass is 630 g/mol. The summed E-state index contributed by atoms with van der Waals surface area (Å²) in [5.41, 5.74) is 1.89. The highest BCUT2D eigenvalue weighted by atomic mass is 127. The number of benzene rings is 1. The van der Waals surface area contributed by atoms with Crippen molar-refractivity contribution in [1.82, 2.24) is 10.3 Å². The summed E-state index contributed by atoms with van der Waals surface area (Å²) in [5, 5.41) is 12.4. The van der Waals surface area contributed by atoms with Crippen molar-refractivity contribution in [3.8, 4) is 11.5 Å². The number of carbonyl (C=O) groups excluding carboxylic acids is 1. The highest BCUT2D eigenvalue weighted by Crippen LogP contribution is 2.41. The van der Waals surface area contributed by atoms with Gasteiger partial charge in [0.1, 0.15) is 23.8 Å². The molecule has 196 valence electrons. The minimum atomic E-state index is -1.02. The number of ether oxygens (including phenoxy) is 3. The Morgan fingerprint density at radius 1 is 1.17 bits per heavy atom. The van der Waals surface area contributed by atoms with E-state index >= 15 is 0 Å². The van der Waals surface area contributed by atoms with Crippen LogP contribution >= 0.6 is 34.2 Å². The number of hydrogen-bond acceptors (Lipinski definition) is 6. The number of nitrogens with one attached hydrogen (secondary N) is 1. The number of carboxylic acids is 1. The zero-order chi connectivity index (χ0) is 26.3. The van der Waals surface area contributed by atoms with E-state index < -0.39 is 9.58 Å². The van der Waals surface area contributed by atoms with Crippen LogP contribution in [0.15, 0.2) is 30.3 Å². The van der Waals surface area contributed by atoms with Crippen LogP contribution in [0, 0.1) is 11.8 Å². The van der Waals surface area contributed by atoms with Gasteiger partial charge in [0.2, 0.25) is 3.61 Å². The molecule has 0 bridgehead atoms. The molecule has 1 aliphatic rings. The van der Waals surface area contributed by atoms with Gasteiger partial charge in [-0.1, -0.05) is 18.5 Å². The van der Waals surface area contributed by atoms with E-state index in [1.807, 2.05) is 19.1 Å². The lowest BCUT2D eigenvalue weighted by Gasteiger charge is -2.29. The molecule has 2 aromatic rings. The van der Waals surface area contributed by atoms with E-state index in [0.717, 1.165) is 25.0 Å². The van der Waals surface area contributed by atoms with E-state index in [1.165, 1.54) is 0 Å². The number of hydrogen-bond donors (Lipinski definition) is 2. The van der Waals surface area contributed by atoms with Gasteiger partial charge in [0.05, 0.1) is 18.1 Å². The second-order valence-corrected chi connectivity index (χ2v) is 11.0. The summed E-state index contributed by atoms with van der Waals surface area (Å²) in [6.07, 6.45) is 3.63. The highest BCUT2D eigenvalue weighted by molar-refractivity contribution is 14.1. The average Bonchev–Trinajstić information content (AvgIpc) is 2.88. The van der Waals surface area contributed by atoms with Gasteiger partial charge in [0.15, 0.2) is 0 Å². The Hall–Kier alpha value is -2.11. The number of amides is 1. The van der Waals surface area contributed by atoms with Crippen LogP contribution < -0.4 is 14.8 Å². The number of pyridine rings is 1. The third-order valence-electron chi connectivity index (χ3n) is 6.39. The SMILES string of the molecule is CCc1ccc(OC)c([C@](I)(COC)Oc2ccc(C(=O)NCC3CCC(C(=O)O)CC3)cc2Cl)n1. The van der Waals surface area contributed by atoms with E-state index in [1.54, 1.807) is 32.4 Å². The average molecular weight is 631 g/mol. The molecule has 1 saturated carbocycles. The summed E-state index contributed by atoms with van der Waals surface area (Å²) in [5.74, 6) is -0.00698.